The van der Waals surface area contributed by atoms with Crippen LogP contribution in [0, 0.1) is 0 Å². The van der Waals surface area contributed by atoms with Crippen LogP contribution < -0.4 is 20.4 Å². The Balaban J connectivity index is 1.44. The largest absolute Gasteiger partial charge is 0.354 e. The van der Waals surface area contributed by atoms with E-state index in [0.717, 1.165) is 39.1 Å². The Labute approximate surface area is 173 Å². The molecule has 4 N–H and O–H groups in total. The maximum Gasteiger partial charge on any atom is 0.275 e. The van der Waals surface area contributed by atoms with E-state index in [0.29, 0.717) is 13.1 Å². The molecule has 1 saturated heterocycles. The number of hydrogen-bond acceptors (Lipinski definition) is 2. The van der Waals surface area contributed by atoms with Crippen molar-refractivity contribution in [2.45, 2.75) is 32.9 Å². The van der Waals surface area contributed by atoms with Crippen LogP contribution in [-0.2, 0) is 16.1 Å². The minimum absolute atomic E-state index is 0.0448. The Hall–Kier alpha value is -2.44. The number of rotatable bonds is 8. The summed E-state index contributed by atoms with van der Waals surface area (Å²) >= 11 is 0. The Morgan fingerprint density at radius 1 is 1.00 bits per heavy atom. The summed E-state index contributed by atoms with van der Waals surface area (Å²) in [4.78, 5) is 27.1. The molecular formula is C23H34N4O2+2. The van der Waals surface area contributed by atoms with E-state index in [1.54, 1.807) is 11.8 Å². The Morgan fingerprint density at radius 2 is 1.69 bits per heavy atom. The summed E-state index contributed by atoms with van der Waals surface area (Å²) < 4.78 is 0. The maximum absolute atomic E-state index is 12.3. The zero-order chi connectivity index (χ0) is 20.6. The fraction of sp³-hybridized carbons (Fsp3) is 0.478. The molecule has 1 fully saturated rings. The Bertz CT molecular complexity index is 825. The Kier molecular flexibility index (Phi) is 7.61. The van der Waals surface area contributed by atoms with E-state index in [1.807, 2.05) is 6.92 Å². The van der Waals surface area contributed by atoms with Crippen LogP contribution >= 0.6 is 0 Å². The first kappa shape index (κ1) is 21.3. The molecule has 1 heterocycles. The number of piperazine rings is 1. The van der Waals surface area contributed by atoms with Crippen molar-refractivity contribution in [2.75, 3.05) is 39.3 Å². The molecule has 1 atom stereocenters. The third-order valence-electron chi connectivity index (χ3n) is 5.72. The van der Waals surface area contributed by atoms with Crippen molar-refractivity contribution in [3.63, 3.8) is 0 Å². The van der Waals surface area contributed by atoms with Gasteiger partial charge in [-0.15, -0.1) is 0 Å². The summed E-state index contributed by atoms with van der Waals surface area (Å²) in [5.41, 5.74) is 1.39. The SMILES string of the molecule is CCCNC(=O)[C@@H](C)NC(=O)C[NH+]1CC[NH+](Cc2cccc3ccccc23)CC1. The topological polar surface area (TPSA) is 67.1 Å². The number of quaternary nitrogens is 2. The number of carbonyl (C=O) groups excluding carboxylic acids is 2. The number of hydrogen-bond donors (Lipinski definition) is 4. The predicted molar refractivity (Wildman–Crippen MR) is 115 cm³/mol. The summed E-state index contributed by atoms with van der Waals surface area (Å²) in [6.07, 6.45) is 0.891. The quantitative estimate of drug-likeness (QED) is 0.468. The smallest absolute Gasteiger partial charge is 0.275 e. The fourth-order valence-corrected chi connectivity index (χ4v) is 4.01. The van der Waals surface area contributed by atoms with E-state index in [-0.39, 0.29) is 11.8 Å². The van der Waals surface area contributed by atoms with Crippen LogP contribution in [0.4, 0.5) is 0 Å². The molecule has 0 spiro atoms. The van der Waals surface area contributed by atoms with Gasteiger partial charge in [0.2, 0.25) is 5.91 Å². The standard InChI is InChI=1S/C23H32N4O2/c1-3-11-24-23(29)18(2)25-22(28)17-27-14-12-26(13-15-27)16-20-9-6-8-19-7-4-5-10-21(19)20/h4-10,18H,3,11-17H2,1-2H3,(H,24,29)(H,25,28)/p+2/t18-/m1/s1. The first-order valence-electron chi connectivity index (χ1n) is 10.8. The molecule has 29 heavy (non-hydrogen) atoms. The van der Waals surface area contributed by atoms with E-state index in [1.165, 1.54) is 21.2 Å². The molecule has 156 valence electrons. The normalized spacial score (nSPS) is 20.2. The van der Waals surface area contributed by atoms with Gasteiger partial charge < -0.3 is 20.4 Å². The van der Waals surface area contributed by atoms with Gasteiger partial charge in [0, 0.05) is 12.1 Å². The molecule has 2 aromatic carbocycles. The van der Waals surface area contributed by atoms with Crippen LogP contribution in [0.15, 0.2) is 42.5 Å². The van der Waals surface area contributed by atoms with E-state index >= 15 is 0 Å². The molecule has 0 saturated carbocycles. The summed E-state index contributed by atoms with van der Waals surface area (Å²) in [5, 5.41) is 8.28. The Morgan fingerprint density at radius 3 is 2.45 bits per heavy atom. The molecule has 1 aliphatic heterocycles. The van der Waals surface area contributed by atoms with Gasteiger partial charge in [-0.1, -0.05) is 49.4 Å². The number of benzene rings is 2. The highest BCUT2D eigenvalue weighted by Crippen LogP contribution is 2.17. The van der Waals surface area contributed by atoms with Crippen molar-refractivity contribution in [2.24, 2.45) is 0 Å². The lowest BCUT2D eigenvalue weighted by atomic mass is 10.0. The number of fused-ring (bicyclic) bond motifs is 1. The molecule has 2 aromatic rings. The van der Waals surface area contributed by atoms with Gasteiger partial charge >= 0.3 is 0 Å². The van der Waals surface area contributed by atoms with E-state index in [4.69, 9.17) is 0 Å². The number of nitrogens with one attached hydrogen (secondary N) is 4. The van der Waals surface area contributed by atoms with Crippen molar-refractivity contribution in [1.29, 1.82) is 0 Å². The number of amides is 2. The molecule has 6 heteroatoms. The summed E-state index contributed by atoms with van der Waals surface area (Å²) in [6.45, 7) is 9.91. The van der Waals surface area contributed by atoms with Gasteiger partial charge in [0.25, 0.3) is 5.91 Å². The van der Waals surface area contributed by atoms with E-state index in [2.05, 4.69) is 53.1 Å². The second kappa shape index (κ2) is 10.4. The average molecular weight is 399 g/mol. The average Bonchev–Trinajstić information content (AvgIpc) is 2.73. The van der Waals surface area contributed by atoms with Crippen molar-refractivity contribution in [3.8, 4) is 0 Å². The molecule has 0 aromatic heterocycles. The monoisotopic (exact) mass is 398 g/mol. The zero-order valence-corrected chi connectivity index (χ0v) is 17.6. The van der Waals surface area contributed by atoms with Crippen LogP contribution in [0.5, 0.6) is 0 Å². The first-order valence-corrected chi connectivity index (χ1v) is 10.8. The fourth-order valence-electron chi connectivity index (χ4n) is 4.01. The summed E-state index contributed by atoms with van der Waals surface area (Å²) in [6, 6.07) is 14.6. The highest BCUT2D eigenvalue weighted by atomic mass is 16.2. The number of carbonyl (C=O) groups is 2. The van der Waals surface area contributed by atoms with Crippen LogP contribution in [0.1, 0.15) is 25.8 Å². The van der Waals surface area contributed by atoms with Crippen LogP contribution in [-0.4, -0.2) is 57.1 Å². The van der Waals surface area contributed by atoms with Gasteiger partial charge in [0.15, 0.2) is 6.54 Å². The second-order valence-corrected chi connectivity index (χ2v) is 8.07. The van der Waals surface area contributed by atoms with E-state index < -0.39 is 6.04 Å². The van der Waals surface area contributed by atoms with Crippen LogP contribution in [0.25, 0.3) is 10.8 Å². The van der Waals surface area contributed by atoms with Gasteiger partial charge in [-0.25, -0.2) is 0 Å². The maximum atomic E-state index is 12.3. The molecule has 0 unspecified atom stereocenters. The van der Waals surface area contributed by atoms with Gasteiger partial charge in [-0.05, 0) is 24.1 Å². The summed E-state index contributed by atoms with van der Waals surface area (Å²) in [7, 11) is 0. The summed E-state index contributed by atoms with van der Waals surface area (Å²) in [5.74, 6) is -0.156. The second-order valence-electron chi connectivity index (χ2n) is 8.07. The van der Waals surface area contributed by atoms with Crippen LogP contribution in [0.3, 0.4) is 0 Å². The van der Waals surface area contributed by atoms with Gasteiger partial charge in [0.1, 0.15) is 38.8 Å². The molecule has 3 rings (SSSR count). The molecule has 0 bridgehead atoms. The minimum Gasteiger partial charge on any atom is -0.354 e. The highest BCUT2D eigenvalue weighted by Gasteiger charge is 2.26. The third kappa shape index (κ3) is 6.02. The van der Waals surface area contributed by atoms with Crippen molar-refractivity contribution >= 4 is 22.6 Å². The predicted octanol–water partition coefficient (Wildman–Crippen LogP) is -0.846. The molecule has 0 radical (unpaired) electrons. The van der Waals surface area contributed by atoms with Gasteiger partial charge in [0.05, 0.1) is 0 Å². The van der Waals surface area contributed by atoms with Crippen molar-refractivity contribution in [3.05, 3.63) is 48.0 Å². The lowest BCUT2D eigenvalue weighted by molar-refractivity contribution is -1.02. The molecule has 1 aliphatic rings. The zero-order valence-electron chi connectivity index (χ0n) is 17.6. The molecule has 2 amide bonds. The van der Waals surface area contributed by atoms with E-state index in [9.17, 15) is 9.59 Å². The van der Waals surface area contributed by atoms with Gasteiger partial charge in [-0.3, -0.25) is 9.59 Å². The first-order chi connectivity index (χ1) is 14.1. The van der Waals surface area contributed by atoms with Crippen molar-refractivity contribution < 1.29 is 19.4 Å². The van der Waals surface area contributed by atoms with Crippen molar-refractivity contribution in [1.82, 2.24) is 10.6 Å². The molecule has 6 nitrogen and oxygen atoms in total. The van der Waals surface area contributed by atoms with Gasteiger partial charge in [-0.2, -0.15) is 0 Å². The minimum atomic E-state index is -0.480. The third-order valence-corrected chi connectivity index (χ3v) is 5.72. The lowest BCUT2D eigenvalue weighted by Gasteiger charge is -2.29. The van der Waals surface area contributed by atoms with Crippen LogP contribution in [0.2, 0.25) is 0 Å². The molecular weight excluding hydrogens is 364 g/mol. The lowest BCUT2D eigenvalue weighted by Crippen LogP contribution is -3.28. The highest BCUT2D eigenvalue weighted by molar-refractivity contribution is 5.87. The molecule has 0 aliphatic carbocycles.